The number of nitro groups is 1. The van der Waals surface area contributed by atoms with Crippen molar-refractivity contribution in [1.82, 2.24) is 0 Å². The number of hydrogen-bond acceptors (Lipinski definition) is 7. The number of benzene rings is 2. The maximum atomic E-state index is 11.8. The highest BCUT2D eigenvalue weighted by Gasteiger charge is 2.27. The van der Waals surface area contributed by atoms with Crippen molar-refractivity contribution in [2.45, 2.75) is 18.2 Å². The lowest BCUT2D eigenvalue weighted by Gasteiger charge is -2.10. The first kappa shape index (κ1) is 18.6. The zero-order valence-electron chi connectivity index (χ0n) is 14.5. The predicted octanol–water partition coefficient (Wildman–Crippen LogP) is 3.46. The summed E-state index contributed by atoms with van der Waals surface area (Å²) in [5.74, 6) is -0.0519. The van der Waals surface area contributed by atoms with Crippen LogP contribution in [0.25, 0.3) is 11.0 Å². The fourth-order valence-electron chi connectivity index (χ4n) is 2.76. The van der Waals surface area contributed by atoms with E-state index in [4.69, 9.17) is 9.15 Å². The zero-order chi connectivity index (χ0) is 19.8. The van der Waals surface area contributed by atoms with Gasteiger partial charge in [-0.2, -0.15) is 0 Å². The van der Waals surface area contributed by atoms with E-state index in [0.29, 0.717) is 6.42 Å². The summed E-state index contributed by atoms with van der Waals surface area (Å²) in [5.41, 5.74) is -0.0814. The van der Waals surface area contributed by atoms with Gasteiger partial charge in [-0.3, -0.25) is 10.1 Å². The number of ether oxygens (including phenoxy) is 1. The van der Waals surface area contributed by atoms with Crippen molar-refractivity contribution in [1.29, 1.82) is 0 Å². The Balaban J connectivity index is 2.13. The van der Waals surface area contributed by atoms with Crippen LogP contribution in [-0.2, 0) is 16.3 Å². The van der Waals surface area contributed by atoms with E-state index in [0.717, 1.165) is 23.3 Å². The maximum Gasteiger partial charge on any atom is 0.336 e. The van der Waals surface area contributed by atoms with Crippen molar-refractivity contribution >= 4 is 26.5 Å². The number of aryl methyl sites for hydroxylation is 1. The first-order chi connectivity index (χ1) is 12.7. The molecule has 27 heavy (non-hydrogen) atoms. The molecule has 140 valence electrons. The Morgan fingerprint density at radius 2 is 1.93 bits per heavy atom. The summed E-state index contributed by atoms with van der Waals surface area (Å²) < 4.78 is 34.4. The molecule has 1 heterocycles. The molecule has 8 nitrogen and oxygen atoms in total. The first-order valence-corrected chi connectivity index (χ1v) is 9.82. The highest BCUT2D eigenvalue weighted by molar-refractivity contribution is 7.90. The third-order valence-electron chi connectivity index (χ3n) is 3.95. The standard InChI is InChI=1S/C18H15NO7S/c1-3-11-9-17(20)26-15-10-12(7-8-13(11)15)25-14-5-4-6-16(27(2,23)24)18(14)19(21)22/h4-10H,3H2,1-2H3. The van der Waals surface area contributed by atoms with Gasteiger partial charge in [-0.15, -0.1) is 0 Å². The van der Waals surface area contributed by atoms with Gasteiger partial charge in [-0.05, 0) is 36.2 Å². The van der Waals surface area contributed by atoms with Crippen LogP contribution >= 0.6 is 0 Å². The zero-order valence-corrected chi connectivity index (χ0v) is 15.3. The SMILES string of the molecule is CCc1cc(=O)oc2cc(Oc3cccc(S(C)(=O)=O)c3[N+](=O)[O-])ccc12. The quantitative estimate of drug-likeness (QED) is 0.372. The second-order valence-electron chi connectivity index (χ2n) is 5.84. The highest BCUT2D eigenvalue weighted by atomic mass is 32.2. The van der Waals surface area contributed by atoms with Crippen molar-refractivity contribution in [3.8, 4) is 11.5 Å². The van der Waals surface area contributed by atoms with E-state index in [9.17, 15) is 23.3 Å². The minimum absolute atomic E-state index is 0.174. The average molecular weight is 389 g/mol. The Morgan fingerprint density at radius 3 is 2.56 bits per heavy atom. The summed E-state index contributed by atoms with van der Waals surface area (Å²) in [6.45, 7) is 1.90. The van der Waals surface area contributed by atoms with E-state index in [1.165, 1.54) is 24.3 Å². The van der Waals surface area contributed by atoms with E-state index in [2.05, 4.69) is 0 Å². The van der Waals surface area contributed by atoms with Gasteiger partial charge >= 0.3 is 11.3 Å². The lowest BCUT2D eigenvalue weighted by Crippen LogP contribution is -2.04. The minimum atomic E-state index is -3.82. The smallest absolute Gasteiger partial charge is 0.336 e. The Hall–Kier alpha value is -3.20. The van der Waals surface area contributed by atoms with Gasteiger partial charge in [-0.25, -0.2) is 13.2 Å². The van der Waals surface area contributed by atoms with Crippen LogP contribution in [0.2, 0.25) is 0 Å². The van der Waals surface area contributed by atoms with Crippen molar-refractivity contribution in [3.05, 3.63) is 68.6 Å². The molecule has 0 fully saturated rings. The topological polar surface area (TPSA) is 117 Å². The molecule has 1 aromatic heterocycles. The van der Waals surface area contributed by atoms with E-state index in [1.54, 1.807) is 12.1 Å². The average Bonchev–Trinajstić information content (AvgIpc) is 2.59. The molecule has 0 aliphatic rings. The van der Waals surface area contributed by atoms with Crippen LogP contribution in [-0.4, -0.2) is 19.6 Å². The van der Waals surface area contributed by atoms with Crippen molar-refractivity contribution in [2.75, 3.05) is 6.26 Å². The fourth-order valence-corrected chi connectivity index (χ4v) is 3.61. The van der Waals surface area contributed by atoms with Gasteiger partial charge in [0.15, 0.2) is 9.84 Å². The minimum Gasteiger partial charge on any atom is -0.450 e. The molecule has 0 saturated carbocycles. The number of hydrogen-bond donors (Lipinski definition) is 0. The molecule has 2 aromatic carbocycles. The Morgan fingerprint density at radius 1 is 1.19 bits per heavy atom. The highest BCUT2D eigenvalue weighted by Crippen LogP contribution is 2.37. The molecule has 0 atom stereocenters. The number of para-hydroxylation sites is 1. The van der Waals surface area contributed by atoms with E-state index in [-0.39, 0.29) is 17.1 Å². The molecule has 0 saturated heterocycles. The van der Waals surface area contributed by atoms with Crippen LogP contribution in [0.15, 0.2) is 56.6 Å². The predicted molar refractivity (Wildman–Crippen MR) is 98.1 cm³/mol. The Labute approximate surface area is 154 Å². The van der Waals surface area contributed by atoms with Crippen LogP contribution in [0.1, 0.15) is 12.5 Å². The monoisotopic (exact) mass is 389 g/mol. The van der Waals surface area contributed by atoms with Crippen LogP contribution in [0.5, 0.6) is 11.5 Å². The summed E-state index contributed by atoms with van der Waals surface area (Å²) in [5, 5.41) is 12.1. The molecule has 0 unspecified atom stereocenters. The van der Waals surface area contributed by atoms with Gasteiger partial charge in [0.1, 0.15) is 16.2 Å². The molecule has 0 N–H and O–H groups in total. The van der Waals surface area contributed by atoms with Crippen molar-refractivity contribution < 1.29 is 22.5 Å². The summed E-state index contributed by atoms with van der Waals surface area (Å²) in [4.78, 5) is 21.8. The number of fused-ring (bicyclic) bond motifs is 1. The van der Waals surface area contributed by atoms with Crippen LogP contribution in [0.4, 0.5) is 5.69 Å². The summed E-state index contributed by atoms with van der Waals surface area (Å²) in [6.07, 6.45) is 1.51. The molecular weight excluding hydrogens is 374 g/mol. The molecule has 0 bridgehead atoms. The molecule has 0 aliphatic carbocycles. The summed E-state index contributed by atoms with van der Waals surface area (Å²) >= 11 is 0. The largest absolute Gasteiger partial charge is 0.450 e. The second kappa shape index (κ2) is 6.84. The fraction of sp³-hybridized carbons (Fsp3) is 0.167. The van der Waals surface area contributed by atoms with Crippen molar-refractivity contribution in [3.63, 3.8) is 0 Å². The van der Waals surface area contributed by atoms with E-state index < -0.39 is 31.0 Å². The van der Waals surface area contributed by atoms with Gasteiger partial charge in [0.05, 0.1) is 4.92 Å². The van der Waals surface area contributed by atoms with Gasteiger partial charge in [0.25, 0.3) is 0 Å². The molecule has 0 amide bonds. The Kier molecular flexibility index (Phi) is 4.71. The number of nitro benzene ring substituents is 1. The van der Waals surface area contributed by atoms with Crippen LogP contribution < -0.4 is 10.4 Å². The van der Waals surface area contributed by atoms with Crippen LogP contribution in [0, 0.1) is 10.1 Å². The molecule has 0 radical (unpaired) electrons. The van der Waals surface area contributed by atoms with Gasteiger partial charge in [-0.1, -0.05) is 13.0 Å². The lowest BCUT2D eigenvalue weighted by molar-refractivity contribution is -0.388. The number of rotatable bonds is 5. The second-order valence-corrected chi connectivity index (χ2v) is 7.82. The number of nitrogens with zero attached hydrogens (tertiary/aromatic N) is 1. The third kappa shape index (κ3) is 3.68. The van der Waals surface area contributed by atoms with E-state index >= 15 is 0 Å². The normalized spacial score (nSPS) is 11.5. The maximum absolute atomic E-state index is 11.8. The summed E-state index contributed by atoms with van der Waals surface area (Å²) in [6, 6.07) is 9.89. The molecule has 3 aromatic rings. The van der Waals surface area contributed by atoms with Crippen molar-refractivity contribution in [2.24, 2.45) is 0 Å². The molecule has 0 aliphatic heterocycles. The first-order valence-electron chi connectivity index (χ1n) is 7.93. The lowest BCUT2D eigenvalue weighted by atomic mass is 10.1. The van der Waals surface area contributed by atoms with Crippen LogP contribution in [0.3, 0.4) is 0 Å². The van der Waals surface area contributed by atoms with E-state index in [1.807, 2.05) is 6.92 Å². The van der Waals surface area contributed by atoms with Gasteiger partial charge in [0, 0.05) is 23.8 Å². The third-order valence-corrected chi connectivity index (χ3v) is 5.08. The molecule has 0 spiro atoms. The molecular formula is C18H15NO7S. The summed E-state index contributed by atoms with van der Waals surface area (Å²) in [7, 11) is -3.82. The Bertz CT molecular complexity index is 1210. The number of sulfone groups is 1. The van der Waals surface area contributed by atoms with Gasteiger partial charge < -0.3 is 9.15 Å². The molecule has 3 rings (SSSR count). The molecule has 9 heteroatoms. The van der Waals surface area contributed by atoms with Gasteiger partial charge in [0.2, 0.25) is 5.75 Å².